The molecule has 3 aromatic carbocycles. The number of alkyl halides is 3. The number of aromatic nitrogens is 3. The van der Waals surface area contributed by atoms with Gasteiger partial charge in [-0.2, -0.15) is 0 Å². The molecule has 2 aliphatic heterocycles. The van der Waals surface area contributed by atoms with Gasteiger partial charge in [-0.05, 0) is 74.7 Å². The van der Waals surface area contributed by atoms with Gasteiger partial charge in [0.1, 0.15) is 17.7 Å². The predicted octanol–water partition coefficient (Wildman–Crippen LogP) is 8.54. The molecule has 0 aliphatic carbocycles. The van der Waals surface area contributed by atoms with E-state index in [0.717, 1.165) is 27.6 Å². The minimum Gasteiger partial charge on any atom is -0.442 e. The Labute approximate surface area is 290 Å². The number of thioether (sulfide) groups is 1. The van der Waals surface area contributed by atoms with Crippen LogP contribution in [0.2, 0.25) is 0 Å². The number of fused-ring (bicyclic) bond motifs is 3. The van der Waals surface area contributed by atoms with Crippen LogP contribution in [0.15, 0.2) is 89.8 Å². The topological polar surface area (TPSA) is 111 Å². The van der Waals surface area contributed by atoms with E-state index in [-0.39, 0.29) is 18.2 Å². The molecule has 0 spiro atoms. The van der Waals surface area contributed by atoms with E-state index in [1.54, 1.807) is 45.0 Å². The zero-order chi connectivity index (χ0) is 35.8. The lowest BCUT2D eigenvalue weighted by molar-refractivity contribution is -0.274. The van der Waals surface area contributed by atoms with Crippen LogP contribution in [0.1, 0.15) is 50.3 Å². The van der Waals surface area contributed by atoms with Gasteiger partial charge < -0.3 is 14.3 Å². The molecular formula is C35H33F3N6O5S. The van der Waals surface area contributed by atoms with E-state index in [9.17, 15) is 22.8 Å². The largest absolute Gasteiger partial charge is 0.573 e. The number of carbonyl (C=O) groups is 2. The minimum absolute atomic E-state index is 0.137. The lowest BCUT2D eigenvalue weighted by Gasteiger charge is -2.30. The second kappa shape index (κ2) is 13.5. The SMILES string of the molecule is Cc1ccc2c(c1)N1C(=CC2C)CS/C1=N\C(=O)ON(Cc1ccc(-c2ncn(-c3ccc(OC(F)(F)F)cc3)n2)cc1)C(=O)OC(C)(C)C. The molecule has 15 heteroatoms. The number of ether oxygens (including phenoxy) is 2. The van der Waals surface area contributed by atoms with Crippen LogP contribution in [0.25, 0.3) is 17.1 Å². The number of carbonyl (C=O) groups excluding carboxylic acids is 2. The zero-order valence-electron chi connectivity index (χ0n) is 27.8. The fourth-order valence-electron chi connectivity index (χ4n) is 5.35. The van der Waals surface area contributed by atoms with Crippen molar-refractivity contribution in [3.8, 4) is 22.8 Å². The highest BCUT2D eigenvalue weighted by Gasteiger charge is 2.34. The maximum atomic E-state index is 13.2. The highest BCUT2D eigenvalue weighted by molar-refractivity contribution is 8.14. The van der Waals surface area contributed by atoms with Gasteiger partial charge in [0.25, 0.3) is 0 Å². The summed E-state index contributed by atoms with van der Waals surface area (Å²) in [7, 11) is 0. The van der Waals surface area contributed by atoms with E-state index in [4.69, 9.17) is 9.57 Å². The first-order valence-electron chi connectivity index (χ1n) is 15.5. The summed E-state index contributed by atoms with van der Waals surface area (Å²) in [5, 5.41) is 5.70. The van der Waals surface area contributed by atoms with Crippen LogP contribution in [-0.2, 0) is 16.1 Å². The normalized spacial score (nSPS) is 16.4. The van der Waals surface area contributed by atoms with Crippen molar-refractivity contribution in [3.63, 3.8) is 0 Å². The van der Waals surface area contributed by atoms with Crippen molar-refractivity contribution >= 4 is 34.8 Å². The Balaban J connectivity index is 1.17. The Morgan fingerprint density at radius 1 is 1.04 bits per heavy atom. The molecule has 0 saturated carbocycles. The first-order valence-corrected chi connectivity index (χ1v) is 16.5. The number of anilines is 1. The second-order valence-corrected chi connectivity index (χ2v) is 13.6. The van der Waals surface area contributed by atoms with Gasteiger partial charge in [-0.1, -0.05) is 61.2 Å². The van der Waals surface area contributed by atoms with E-state index in [1.165, 1.54) is 47.0 Å². The Kier molecular flexibility index (Phi) is 9.35. The number of amidine groups is 1. The van der Waals surface area contributed by atoms with Crippen LogP contribution in [0, 0.1) is 6.92 Å². The standard InChI is InChI=1S/C35H33F3N6O5S/c1-21-6-15-28-22(2)17-26-19-50-31(44(26)29(28)16-21)40-32(45)49-43(33(46)48-34(3,4)5)18-23-7-9-24(10-8-23)30-39-20-42(41-30)25-11-13-27(14-12-25)47-35(36,37)38/h6-17,20,22H,18-19H2,1-5H3/b40-31-. The molecule has 11 nitrogen and oxygen atoms in total. The fourth-order valence-corrected chi connectivity index (χ4v) is 6.34. The molecule has 0 N–H and O–H groups in total. The quantitative estimate of drug-likeness (QED) is 0.189. The molecule has 50 heavy (non-hydrogen) atoms. The summed E-state index contributed by atoms with van der Waals surface area (Å²) < 4.78 is 48.3. The third-order valence-corrected chi connectivity index (χ3v) is 8.50. The first-order chi connectivity index (χ1) is 23.6. The number of aryl methyl sites for hydroxylation is 1. The van der Waals surface area contributed by atoms with Crippen molar-refractivity contribution < 1.29 is 37.1 Å². The molecule has 1 unspecified atom stereocenters. The Morgan fingerprint density at radius 3 is 2.44 bits per heavy atom. The molecule has 1 aromatic heterocycles. The number of nitrogens with zero attached hydrogens (tertiary/aromatic N) is 6. The van der Waals surface area contributed by atoms with E-state index in [0.29, 0.717) is 33.6 Å². The number of amides is 2. The van der Waals surface area contributed by atoms with E-state index in [1.807, 2.05) is 11.8 Å². The van der Waals surface area contributed by atoms with Gasteiger partial charge in [0.2, 0.25) is 0 Å². The van der Waals surface area contributed by atoms with Crippen LogP contribution in [0.4, 0.5) is 28.4 Å². The van der Waals surface area contributed by atoms with Gasteiger partial charge >= 0.3 is 18.5 Å². The number of rotatable bonds is 5. The number of hydroxylamine groups is 2. The van der Waals surface area contributed by atoms with Gasteiger partial charge in [-0.15, -0.1) is 28.3 Å². The van der Waals surface area contributed by atoms with Crippen LogP contribution >= 0.6 is 11.8 Å². The zero-order valence-corrected chi connectivity index (χ0v) is 28.6. The number of halogens is 3. The molecule has 4 aromatic rings. The van der Waals surface area contributed by atoms with E-state index >= 15 is 0 Å². The monoisotopic (exact) mass is 706 g/mol. The smallest absolute Gasteiger partial charge is 0.442 e. The van der Waals surface area contributed by atoms with Crippen LogP contribution < -0.4 is 9.64 Å². The predicted molar refractivity (Wildman–Crippen MR) is 182 cm³/mol. The van der Waals surface area contributed by atoms with Gasteiger partial charge in [0.15, 0.2) is 11.0 Å². The van der Waals surface area contributed by atoms with Crippen LogP contribution in [-0.4, -0.2) is 54.9 Å². The second-order valence-electron chi connectivity index (χ2n) is 12.7. The molecule has 2 aliphatic rings. The number of allylic oxidation sites excluding steroid dienone is 1. The van der Waals surface area contributed by atoms with Crippen molar-refractivity contribution in [1.29, 1.82) is 0 Å². The summed E-state index contributed by atoms with van der Waals surface area (Å²) in [6.45, 7) is 9.11. The highest BCUT2D eigenvalue weighted by Crippen LogP contribution is 2.43. The molecule has 1 atom stereocenters. The Morgan fingerprint density at radius 2 is 1.76 bits per heavy atom. The average Bonchev–Trinajstić information content (AvgIpc) is 3.68. The van der Waals surface area contributed by atoms with Gasteiger partial charge in [-0.3, -0.25) is 4.90 Å². The fraction of sp³-hybridized carbons (Fsp3) is 0.286. The molecule has 1 saturated heterocycles. The molecule has 3 heterocycles. The molecule has 6 rings (SSSR count). The third-order valence-electron chi connectivity index (χ3n) is 7.52. The highest BCUT2D eigenvalue weighted by atomic mass is 32.2. The van der Waals surface area contributed by atoms with Gasteiger partial charge in [0.05, 0.1) is 17.9 Å². The van der Waals surface area contributed by atoms with Crippen molar-refractivity contribution in [1.82, 2.24) is 19.8 Å². The molecule has 2 amide bonds. The number of aliphatic imine (C=N–C) groups is 1. The molecule has 260 valence electrons. The van der Waals surface area contributed by atoms with Gasteiger partial charge in [-0.25, -0.2) is 19.3 Å². The van der Waals surface area contributed by atoms with Crippen LogP contribution in [0.5, 0.6) is 5.75 Å². The Bertz CT molecular complexity index is 1970. The number of hydrogen-bond acceptors (Lipinski definition) is 8. The van der Waals surface area contributed by atoms with Gasteiger partial charge in [0, 0.05) is 22.9 Å². The van der Waals surface area contributed by atoms with Crippen molar-refractivity contribution in [3.05, 3.63) is 102 Å². The lowest BCUT2D eigenvalue weighted by Crippen LogP contribution is -2.37. The lowest BCUT2D eigenvalue weighted by atomic mass is 9.93. The third kappa shape index (κ3) is 8.10. The summed E-state index contributed by atoms with van der Waals surface area (Å²) in [6, 6.07) is 18.3. The molecule has 0 bridgehead atoms. The maximum Gasteiger partial charge on any atom is 0.573 e. The molecule has 0 radical (unpaired) electrons. The summed E-state index contributed by atoms with van der Waals surface area (Å²) in [4.78, 5) is 42.4. The van der Waals surface area contributed by atoms with E-state index < -0.39 is 24.1 Å². The number of hydrogen-bond donors (Lipinski definition) is 0. The molecular weight excluding hydrogens is 673 g/mol. The first kappa shape index (κ1) is 34.5. The summed E-state index contributed by atoms with van der Waals surface area (Å²) in [6.07, 6.45) is -3.04. The van der Waals surface area contributed by atoms with Crippen molar-refractivity contribution in [2.24, 2.45) is 4.99 Å². The minimum atomic E-state index is -4.79. The van der Waals surface area contributed by atoms with Crippen molar-refractivity contribution in [2.75, 3.05) is 10.7 Å². The average molecular weight is 707 g/mol. The summed E-state index contributed by atoms with van der Waals surface area (Å²) >= 11 is 1.41. The molecule has 1 fully saturated rings. The number of benzene rings is 3. The van der Waals surface area contributed by atoms with Crippen molar-refractivity contribution in [2.45, 2.75) is 59.0 Å². The van der Waals surface area contributed by atoms with Crippen LogP contribution in [0.3, 0.4) is 0 Å². The Hall–Kier alpha value is -5.31. The van der Waals surface area contributed by atoms with E-state index in [2.05, 4.69) is 51.0 Å². The maximum absolute atomic E-state index is 13.2. The summed E-state index contributed by atoms with van der Waals surface area (Å²) in [5.74, 6) is 0.857. The summed E-state index contributed by atoms with van der Waals surface area (Å²) in [5.41, 5.74) is 5.05.